The lowest BCUT2D eigenvalue weighted by Crippen LogP contribution is -2.15. The van der Waals surface area contributed by atoms with Crippen molar-refractivity contribution in [2.24, 2.45) is 0 Å². The molecule has 0 bridgehead atoms. The number of benzene rings is 1. The van der Waals surface area contributed by atoms with E-state index in [2.05, 4.69) is 24.5 Å². The van der Waals surface area contributed by atoms with Gasteiger partial charge >= 0.3 is 0 Å². The third-order valence-corrected chi connectivity index (χ3v) is 5.47. The van der Waals surface area contributed by atoms with Crippen LogP contribution in [0.1, 0.15) is 90.2 Å². The van der Waals surface area contributed by atoms with Gasteiger partial charge in [-0.3, -0.25) is 9.59 Å². The molecule has 0 spiro atoms. The highest BCUT2D eigenvalue weighted by Gasteiger charge is 2.16. The summed E-state index contributed by atoms with van der Waals surface area (Å²) >= 11 is 0. The van der Waals surface area contributed by atoms with Crippen LogP contribution in [-0.2, 0) is 31.9 Å². The standard InChI is InChI=1S/C28H44N2O4/c1-5-9-11-13-15-23-24(16-14-12-10-6-2)26(30-28(32)20-22-34-8-4)18-17-25(23)29-27(31)19-21-33-7-3/h17-22H,5-16H2,1-4H3,(H,29,31)(H,30,32)/b21-19+,22-20+. The van der Waals surface area contributed by atoms with Crippen LogP contribution in [0.4, 0.5) is 11.4 Å². The summed E-state index contributed by atoms with van der Waals surface area (Å²) in [7, 11) is 0. The Bertz CT molecular complexity index is 722. The maximum Gasteiger partial charge on any atom is 0.251 e. The van der Waals surface area contributed by atoms with Gasteiger partial charge in [0.2, 0.25) is 0 Å². The number of nitrogens with one attached hydrogen (secondary N) is 2. The molecule has 0 radical (unpaired) electrons. The summed E-state index contributed by atoms with van der Waals surface area (Å²) in [5.74, 6) is -0.451. The van der Waals surface area contributed by atoms with Crippen LogP contribution < -0.4 is 10.6 Å². The number of anilines is 2. The highest BCUT2D eigenvalue weighted by molar-refractivity contribution is 6.02. The van der Waals surface area contributed by atoms with Crippen LogP contribution in [0.25, 0.3) is 0 Å². The lowest BCUT2D eigenvalue weighted by atomic mass is 9.93. The maximum absolute atomic E-state index is 12.5. The molecule has 1 aromatic carbocycles. The summed E-state index contributed by atoms with van der Waals surface area (Å²) in [5.41, 5.74) is 3.82. The zero-order valence-corrected chi connectivity index (χ0v) is 21.6. The van der Waals surface area contributed by atoms with E-state index in [-0.39, 0.29) is 11.8 Å². The van der Waals surface area contributed by atoms with Crippen LogP contribution in [0.15, 0.2) is 36.8 Å². The van der Waals surface area contributed by atoms with Gasteiger partial charge in [-0.2, -0.15) is 0 Å². The van der Waals surface area contributed by atoms with Crippen molar-refractivity contribution in [3.63, 3.8) is 0 Å². The Morgan fingerprint density at radius 2 is 1.09 bits per heavy atom. The number of unbranched alkanes of at least 4 members (excludes halogenated alkanes) is 6. The highest BCUT2D eigenvalue weighted by atomic mass is 16.5. The van der Waals surface area contributed by atoms with Gasteiger partial charge in [0.15, 0.2) is 0 Å². The molecule has 190 valence electrons. The number of hydrogen-bond donors (Lipinski definition) is 2. The van der Waals surface area contributed by atoms with Crippen molar-refractivity contribution >= 4 is 23.2 Å². The molecule has 0 atom stereocenters. The van der Waals surface area contributed by atoms with Gasteiger partial charge in [0.25, 0.3) is 11.8 Å². The van der Waals surface area contributed by atoms with Crippen LogP contribution in [0.3, 0.4) is 0 Å². The molecule has 1 rings (SSSR count). The molecular weight excluding hydrogens is 428 g/mol. The lowest BCUT2D eigenvalue weighted by Gasteiger charge is -2.20. The summed E-state index contributed by atoms with van der Waals surface area (Å²) in [4.78, 5) is 24.9. The quantitative estimate of drug-likeness (QED) is 0.138. The number of amides is 2. The average Bonchev–Trinajstić information content (AvgIpc) is 2.82. The topological polar surface area (TPSA) is 76.7 Å². The van der Waals surface area contributed by atoms with Crippen LogP contribution in [-0.4, -0.2) is 25.0 Å². The molecule has 0 saturated carbocycles. The maximum atomic E-state index is 12.5. The number of hydrogen-bond acceptors (Lipinski definition) is 4. The van der Waals surface area contributed by atoms with Crippen molar-refractivity contribution in [2.75, 3.05) is 23.8 Å². The van der Waals surface area contributed by atoms with Gasteiger partial charge in [-0.25, -0.2) is 0 Å². The molecule has 0 heterocycles. The third kappa shape index (κ3) is 11.9. The second-order valence-corrected chi connectivity index (χ2v) is 8.23. The predicted octanol–water partition coefficient (Wildman–Crippen LogP) is 6.91. The zero-order chi connectivity index (χ0) is 25.0. The summed E-state index contributed by atoms with van der Waals surface area (Å²) in [6.45, 7) is 9.17. The normalized spacial score (nSPS) is 11.2. The molecule has 1 aromatic rings. The Kier molecular flexibility index (Phi) is 16.1. The Morgan fingerprint density at radius 3 is 1.44 bits per heavy atom. The third-order valence-electron chi connectivity index (χ3n) is 5.47. The van der Waals surface area contributed by atoms with Gasteiger partial charge in [0, 0.05) is 23.5 Å². The molecule has 6 nitrogen and oxygen atoms in total. The van der Waals surface area contributed by atoms with E-state index >= 15 is 0 Å². The largest absolute Gasteiger partial charge is 0.501 e. The summed E-state index contributed by atoms with van der Waals surface area (Å²) < 4.78 is 10.3. The first-order valence-electron chi connectivity index (χ1n) is 12.9. The SMILES string of the molecule is CCCCCCc1c(NC(=O)/C=C/OCC)ccc(NC(=O)/C=C/OCC)c1CCCCCC. The van der Waals surface area contributed by atoms with Gasteiger partial charge < -0.3 is 20.1 Å². The molecule has 0 aliphatic carbocycles. The molecule has 0 saturated heterocycles. The molecule has 2 N–H and O–H groups in total. The van der Waals surface area contributed by atoms with Crippen LogP contribution in [0.2, 0.25) is 0 Å². The van der Waals surface area contributed by atoms with Crippen molar-refractivity contribution in [1.29, 1.82) is 0 Å². The summed E-state index contributed by atoms with van der Waals surface area (Å²) in [6, 6.07) is 3.78. The Labute approximate surface area is 206 Å². The van der Waals surface area contributed by atoms with Crippen LogP contribution in [0.5, 0.6) is 0 Å². The highest BCUT2D eigenvalue weighted by Crippen LogP contribution is 2.31. The monoisotopic (exact) mass is 472 g/mol. The van der Waals surface area contributed by atoms with Crippen molar-refractivity contribution in [2.45, 2.75) is 91.9 Å². The number of ether oxygens (including phenoxy) is 2. The van der Waals surface area contributed by atoms with Crippen LogP contribution >= 0.6 is 0 Å². The first-order valence-corrected chi connectivity index (χ1v) is 12.9. The fourth-order valence-corrected chi connectivity index (χ4v) is 3.72. The van der Waals surface area contributed by atoms with Crippen molar-refractivity contribution in [3.8, 4) is 0 Å². The first kappa shape index (κ1) is 29.3. The minimum absolute atomic E-state index is 0.225. The van der Waals surface area contributed by atoms with Crippen molar-refractivity contribution in [3.05, 3.63) is 47.9 Å². The molecule has 0 aromatic heterocycles. The molecule has 34 heavy (non-hydrogen) atoms. The van der Waals surface area contributed by atoms with E-state index in [0.717, 1.165) is 73.9 Å². The molecular formula is C28H44N2O4. The summed E-state index contributed by atoms with van der Waals surface area (Å²) in [5, 5.41) is 6.04. The van der Waals surface area contributed by atoms with E-state index in [1.165, 1.54) is 37.5 Å². The molecule has 0 aliphatic rings. The second kappa shape index (κ2) is 18.6. The molecule has 0 unspecified atom stereocenters. The number of carbonyl (C=O) groups excluding carboxylic acids is 2. The van der Waals surface area contributed by atoms with E-state index in [1.54, 1.807) is 0 Å². The average molecular weight is 473 g/mol. The first-order chi connectivity index (χ1) is 16.6. The second-order valence-electron chi connectivity index (χ2n) is 8.23. The lowest BCUT2D eigenvalue weighted by molar-refractivity contribution is -0.112. The van der Waals surface area contributed by atoms with Gasteiger partial charge in [-0.1, -0.05) is 52.4 Å². The Balaban J connectivity index is 3.25. The molecule has 2 amide bonds. The van der Waals surface area contributed by atoms with Crippen molar-refractivity contribution < 1.29 is 19.1 Å². The fraction of sp³-hybridized carbons (Fsp3) is 0.571. The van der Waals surface area contributed by atoms with Crippen molar-refractivity contribution in [1.82, 2.24) is 0 Å². The number of carbonyl (C=O) groups is 2. The summed E-state index contributed by atoms with van der Waals surface area (Å²) in [6.07, 6.45) is 16.4. The Morgan fingerprint density at radius 1 is 0.676 bits per heavy atom. The molecule has 6 heteroatoms. The van der Waals surface area contributed by atoms with E-state index in [9.17, 15) is 9.59 Å². The van der Waals surface area contributed by atoms with E-state index < -0.39 is 0 Å². The van der Waals surface area contributed by atoms with Gasteiger partial charge in [-0.15, -0.1) is 0 Å². The Hall–Kier alpha value is -2.76. The predicted molar refractivity (Wildman–Crippen MR) is 141 cm³/mol. The van der Waals surface area contributed by atoms with E-state index in [4.69, 9.17) is 9.47 Å². The van der Waals surface area contributed by atoms with Gasteiger partial charge in [-0.05, 0) is 62.8 Å². The van der Waals surface area contributed by atoms with Gasteiger partial charge in [0.1, 0.15) is 0 Å². The molecule has 0 fully saturated rings. The van der Waals surface area contributed by atoms with E-state index in [1.807, 2.05) is 26.0 Å². The fourth-order valence-electron chi connectivity index (χ4n) is 3.72. The van der Waals surface area contributed by atoms with E-state index in [0.29, 0.717) is 13.2 Å². The van der Waals surface area contributed by atoms with Crippen LogP contribution in [0, 0.1) is 0 Å². The molecule has 0 aliphatic heterocycles. The zero-order valence-electron chi connectivity index (χ0n) is 21.6. The smallest absolute Gasteiger partial charge is 0.251 e. The van der Waals surface area contributed by atoms with Gasteiger partial charge in [0.05, 0.1) is 25.7 Å². The number of rotatable bonds is 18. The minimum atomic E-state index is -0.225. The minimum Gasteiger partial charge on any atom is -0.501 e.